The van der Waals surface area contributed by atoms with Crippen molar-refractivity contribution in [1.82, 2.24) is 15.5 Å². The second-order valence-corrected chi connectivity index (χ2v) is 4.98. The zero-order valence-corrected chi connectivity index (χ0v) is 11.6. The van der Waals surface area contributed by atoms with Gasteiger partial charge in [0.05, 0.1) is 6.10 Å². The largest absolute Gasteiger partial charge is 0.420 e. The van der Waals surface area contributed by atoms with Crippen LogP contribution >= 0.6 is 0 Å². The van der Waals surface area contributed by atoms with Crippen LogP contribution in [0.4, 0.5) is 0 Å². The molecule has 0 unspecified atom stereocenters. The SMILES string of the molecule is O=C(Cc1nnc(-c2ccccc2)o1)NC[C@@H]1CCCO1. The quantitative estimate of drug-likeness (QED) is 0.903. The average Bonchev–Trinajstić information content (AvgIpc) is 3.17. The number of aromatic nitrogens is 2. The Morgan fingerprint density at radius 3 is 2.90 bits per heavy atom. The van der Waals surface area contributed by atoms with Crippen LogP contribution in [0.1, 0.15) is 18.7 Å². The molecule has 1 aromatic carbocycles. The summed E-state index contributed by atoms with van der Waals surface area (Å²) in [5.41, 5.74) is 0.844. The van der Waals surface area contributed by atoms with E-state index in [1.54, 1.807) is 0 Å². The fourth-order valence-electron chi connectivity index (χ4n) is 2.26. The fourth-order valence-corrected chi connectivity index (χ4v) is 2.26. The van der Waals surface area contributed by atoms with E-state index in [2.05, 4.69) is 15.5 Å². The molecule has 1 aliphatic rings. The highest BCUT2D eigenvalue weighted by atomic mass is 16.5. The van der Waals surface area contributed by atoms with Crippen LogP contribution in [0.2, 0.25) is 0 Å². The summed E-state index contributed by atoms with van der Waals surface area (Å²) in [6, 6.07) is 9.48. The van der Waals surface area contributed by atoms with Crippen LogP contribution < -0.4 is 5.32 Å². The third-order valence-corrected chi connectivity index (χ3v) is 3.35. The standard InChI is InChI=1S/C15H17N3O3/c19-13(16-10-12-7-4-8-20-12)9-14-17-18-15(21-14)11-5-2-1-3-6-11/h1-3,5-6,12H,4,7-10H2,(H,16,19)/t12-/m0/s1. The van der Waals surface area contributed by atoms with Crippen LogP contribution in [-0.4, -0.2) is 35.4 Å². The smallest absolute Gasteiger partial charge is 0.247 e. The first-order valence-corrected chi connectivity index (χ1v) is 7.07. The Hall–Kier alpha value is -2.21. The molecule has 1 fully saturated rings. The monoisotopic (exact) mass is 287 g/mol. The van der Waals surface area contributed by atoms with Gasteiger partial charge in [0.15, 0.2) is 0 Å². The van der Waals surface area contributed by atoms with Gasteiger partial charge in [0.2, 0.25) is 17.7 Å². The molecule has 110 valence electrons. The summed E-state index contributed by atoms with van der Waals surface area (Å²) >= 11 is 0. The number of carbonyl (C=O) groups excluding carboxylic acids is 1. The topological polar surface area (TPSA) is 77.2 Å². The molecule has 0 radical (unpaired) electrons. The first-order valence-electron chi connectivity index (χ1n) is 7.07. The summed E-state index contributed by atoms with van der Waals surface area (Å²) < 4.78 is 10.9. The van der Waals surface area contributed by atoms with Crippen molar-refractivity contribution in [2.75, 3.05) is 13.2 Å². The third kappa shape index (κ3) is 3.66. The minimum absolute atomic E-state index is 0.0898. The Bertz CT molecular complexity index is 591. The minimum atomic E-state index is -0.131. The molecule has 1 atom stereocenters. The lowest BCUT2D eigenvalue weighted by Crippen LogP contribution is -2.32. The lowest BCUT2D eigenvalue weighted by molar-refractivity contribution is -0.121. The zero-order chi connectivity index (χ0) is 14.5. The summed E-state index contributed by atoms with van der Waals surface area (Å²) in [7, 11) is 0. The summed E-state index contributed by atoms with van der Waals surface area (Å²) in [5.74, 6) is 0.616. The fraction of sp³-hybridized carbons (Fsp3) is 0.400. The van der Waals surface area contributed by atoms with Gasteiger partial charge < -0.3 is 14.5 Å². The van der Waals surface area contributed by atoms with E-state index < -0.39 is 0 Å². The second-order valence-electron chi connectivity index (χ2n) is 4.98. The van der Waals surface area contributed by atoms with Gasteiger partial charge in [-0.25, -0.2) is 0 Å². The molecule has 3 rings (SSSR count). The predicted octanol–water partition coefficient (Wildman–Crippen LogP) is 1.57. The van der Waals surface area contributed by atoms with Crippen molar-refractivity contribution in [3.63, 3.8) is 0 Å². The van der Waals surface area contributed by atoms with Gasteiger partial charge in [-0.05, 0) is 25.0 Å². The molecular formula is C15H17N3O3. The maximum Gasteiger partial charge on any atom is 0.247 e. The second kappa shape index (κ2) is 6.49. The highest BCUT2D eigenvalue weighted by molar-refractivity contribution is 5.77. The third-order valence-electron chi connectivity index (χ3n) is 3.35. The molecular weight excluding hydrogens is 270 g/mol. The first kappa shape index (κ1) is 13.8. The van der Waals surface area contributed by atoms with Gasteiger partial charge in [-0.1, -0.05) is 18.2 Å². The van der Waals surface area contributed by atoms with Crippen LogP contribution in [0.15, 0.2) is 34.7 Å². The van der Waals surface area contributed by atoms with Gasteiger partial charge in [-0.15, -0.1) is 10.2 Å². The number of hydrogen-bond donors (Lipinski definition) is 1. The van der Waals surface area contributed by atoms with Crippen molar-refractivity contribution in [3.8, 4) is 11.5 Å². The summed E-state index contributed by atoms with van der Waals surface area (Å²) in [6.07, 6.45) is 2.28. The van der Waals surface area contributed by atoms with E-state index in [0.29, 0.717) is 18.3 Å². The molecule has 6 heteroatoms. The highest BCUT2D eigenvalue weighted by Crippen LogP contribution is 2.17. The van der Waals surface area contributed by atoms with Crippen molar-refractivity contribution in [2.24, 2.45) is 0 Å². The molecule has 2 heterocycles. The molecule has 0 spiro atoms. The van der Waals surface area contributed by atoms with E-state index in [9.17, 15) is 4.79 Å². The Kier molecular flexibility index (Phi) is 4.25. The molecule has 0 bridgehead atoms. The molecule has 1 N–H and O–H groups in total. The molecule has 0 aliphatic carbocycles. The van der Waals surface area contributed by atoms with Crippen molar-refractivity contribution in [1.29, 1.82) is 0 Å². The highest BCUT2D eigenvalue weighted by Gasteiger charge is 2.17. The number of nitrogens with one attached hydrogen (secondary N) is 1. The Morgan fingerprint density at radius 1 is 1.29 bits per heavy atom. The van der Waals surface area contributed by atoms with Crippen molar-refractivity contribution in [2.45, 2.75) is 25.4 Å². The number of ether oxygens (including phenoxy) is 1. The average molecular weight is 287 g/mol. The van der Waals surface area contributed by atoms with Gasteiger partial charge in [-0.2, -0.15) is 0 Å². The summed E-state index contributed by atoms with van der Waals surface area (Å²) in [4.78, 5) is 11.8. The van der Waals surface area contributed by atoms with Crippen molar-refractivity contribution in [3.05, 3.63) is 36.2 Å². The first-order chi connectivity index (χ1) is 10.3. The number of carbonyl (C=O) groups is 1. The van der Waals surface area contributed by atoms with Gasteiger partial charge in [0.1, 0.15) is 6.42 Å². The number of benzene rings is 1. The molecule has 1 aromatic heterocycles. The van der Waals surface area contributed by atoms with Crippen LogP contribution in [0.3, 0.4) is 0 Å². The van der Waals surface area contributed by atoms with Crippen LogP contribution in [0.25, 0.3) is 11.5 Å². The maximum absolute atomic E-state index is 11.8. The lowest BCUT2D eigenvalue weighted by Gasteiger charge is -2.09. The zero-order valence-electron chi connectivity index (χ0n) is 11.6. The van der Waals surface area contributed by atoms with Crippen LogP contribution in [0, 0.1) is 0 Å². The minimum Gasteiger partial charge on any atom is -0.420 e. The van der Waals surface area contributed by atoms with Crippen LogP contribution in [0.5, 0.6) is 0 Å². The predicted molar refractivity (Wildman–Crippen MR) is 75.4 cm³/mol. The summed E-state index contributed by atoms with van der Waals surface area (Å²) in [5, 5.41) is 10.7. The number of hydrogen-bond acceptors (Lipinski definition) is 5. The van der Waals surface area contributed by atoms with E-state index in [0.717, 1.165) is 25.0 Å². The van der Waals surface area contributed by atoms with Gasteiger partial charge in [0.25, 0.3) is 0 Å². The Morgan fingerprint density at radius 2 is 2.14 bits per heavy atom. The van der Waals surface area contributed by atoms with E-state index in [-0.39, 0.29) is 18.4 Å². The van der Waals surface area contributed by atoms with Gasteiger partial charge in [0, 0.05) is 18.7 Å². The van der Waals surface area contributed by atoms with Crippen molar-refractivity contribution < 1.29 is 13.9 Å². The summed E-state index contributed by atoms with van der Waals surface area (Å²) in [6.45, 7) is 1.32. The van der Waals surface area contributed by atoms with Gasteiger partial charge in [-0.3, -0.25) is 4.79 Å². The van der Waals surface area contributed by atoms with Gasteiger partial charge >= 0.3 is 0 Å². The van der Waals surface area contributed by atoms with Crippen molar-refractivity contribution >= 4 is 5.91 Å². The lowest BCUT2D eigenvalue weighted by atomic mass is 10.2. The number of amides is 1. The maximum atomic E-state index is 11.8. The molecule has 1 amide bonds. The van der Waals surface area contributed by atoms with E-state index in [1.807, 2.05) is 30.3 Å². The van der Waals surface area contributed by atoms with E-state index in [4.69, 9.17) is 9.15 Å². The molecule has 6 nitrogen and oxygen atoms in total. The Balaban J connectivity index is 1.53. The molecule has 21 heavy (non-hydrogen) atoms. The number of nitrogens with zero attached hydrogens (tertiary/aromatic N) is 2. The van der Waals surface area contributed by atoms with E-state index >= 15 is 0 Å². The van der Waals surface area contributed by atoms with E-state index in [1.165, 1.54) is 0 Å². The molecule has 1 saturated heterocycles. The number of rotatable bonds is 5. The molecule has 1 aliphatic heterocycles. The van der Waals surface area contributed by atoms with Crippen LogP contribution in [-0.2, 0) is 16.0 Å². The molecule has 2 aromatic rings. The Labute approximate surface area is 122 Å². The normalized spacial score (nSPS) is 17.8. The molecule has 0 saturated carbocycles.